The molecule has 0 aromatic carbocycles. The lowest BCUT2D eigenvalue weighted by Crippen LogP contribution is -2.07. The van der Waals surface area contributed by atoms with Gasteiger partial charge in [-0.05, 0) is 36.4 Å². The van der Waals surface area contributed by atoms with E-state index in [0.29, 0.717) is 6.04 Å². The summed E-state index contributed by atoms with van der Waals surface area (Å²) >= 11 is 1.72. The van der Waals surface area contributed by atoms with Crippen LogP contribution in [0, 0.1) is 0 Å². The van der Waals surface area contributed by atoms with Crippen LogP contribution in [-0.2, 0) is 6.54 Å². The molecule has 0 atom stereocenters. The first-order valence-electron chi connectivity index (χ1n) is 7.50. The molecule has 0 amide bonds. The highest BCUT2D eigenvalue weighted by Crippen LogP contribution is 2.29. The van der Waals surface area contributed by atoms with E-state index in [1.165, 1.54) is 30.4 Å². The van der Waals surface area contributed by atoms with Gasteiger partial charge < -0.3 is 5.32 Å². The summed E-state index contributed by atoms with van der Waals surface area (Å²) in [6.07, 6.45) is 9.20. The van der Waals surface area contributed by atoms with Gasteiger partial charge in [-0.1, -0.05) is 12.8 Å². The number of fused-ring (bicyclic) bond motifs is 1. The lowest BCUT2D eigenvalue weighted by molar-refractivity contribution is 0.463. The number of rotatable bonds is 4. The van der Waals surface area contributed by atoms with Gasteiger partial charge in [0.2, 0.25) is 0 Å². The van der Waals surface area contributed by atoms with Crippen molar-refractivity contribution in [3.8, 4) is 0 Å². The zero-order valence-electron chi connectivity index (χ0n) is 11.8. The van der Waals surface area contributed by atoms with Crippen LogP contribution in [-0.4, -0.2) is 14.8 Å². The minimum atomic E-state index is 0.615. The van der Waals surface area contributed by atoms with Crippen LogP contribution in [0.5, 0.6) is 0 Å². The summed E-state index contributed by atoms with van der Waals surface area (Å²) in [5, 5.41) is 10.3. The Labute approximate surface area is 127 Å². The number of anilines is 1. The van der Waals surface area contributed by atoms with Crippen molar-refractivity contribution in [3.05, 3.63) is 41.7 Å². The molecule has 0 saturated heterocycles. The normalized spacial score (nSPS) is 15.8. The number of hydrogen-bond acceptors (Lipinski definition) is 4. The molecule has 0 bridgehead atoms. The molecule has 1 aliphatic carbocycles. The molecule has 1 N–H and O–H groups in total. The molecule has 0 unspecified atom stereocenters. The second-order valence-electron chi connectivity index (χ2n) is 5.57. The largest absolute Gasteiger partial charge is 0.378 e. The van der Waals surface area contributed by atoms with E-state index in [1.807, 2.05) is 12.3 Å². The van der Waals surface area contributed by atoms with Crippen molar-refractivity contribution >= 4 is 27.2 Å². The minimum absolute atomic E-state index is 0.615. The molecule has 1 aliphatic rings. The second kappa shape index (κ2) is 5.48. The molecule has 1 saturated carbocycles. The Morgan fingerprint density at radius 1 is 1.24 bits per heavy atom. The zero-order valence-corrected chi connectivity index (χ0v) is 12.6. The van der Waals surface area contributed by atoms with Crippen LogP contribution < -0.4 is 5.32 Å². The molecule has 3 aromatic rings. The predicted octanol–water partition coefficient (Wildman–Crippen LogP) is 4.22. The molecule has 0 radical (unpaired) electrons. The van der Waals surface area contributed by atoms with E-state index in [4.69, 9.17) is 5.10 Å². The van der Waals surface area contributed by atoms with E-state index < -0.39 is 0 Å². The summed E-state index contributed by atoms with van der Waals surface area (Å²) in [6, 6.07) is 6.83. The summed E-state index contributed by atoms with van der Waals surface area (Å²) in [5.41, 5.74) is 3.30. The quantitative estimate of drug-likeness (QED) is 0.784. The standard InChI is InChI=1S/C16H18N4S/c1-2-4-13(3-1)20-9-6-12(19-20)11-18-14-5-8-17-15-7-10-21-16(14)15/h5-10,13H,1-4,11H2,(H,17,18). The van der Waals surface area contributed by atoms with Gasteiger partial charge in [-0.25, -0.2) is 0 Å². The zero-order chi connectivity index (χ0) is 14.1. The number of aromatic nitrogens is 3. The first-order valence-corrected chi connectivity index (χ1v) is 8.38. The number of hydrogen-bond donors (Lipinski definition) is 1. The van der Waals surface area contributed by atoms with Gasteiger partial charge in [-0.15, -0.1) is 11.3 Å². The number of nitrogens with zero attached hydrogens (tertiary/aromatic N) is 3. The first-order chi connectivity index (χ1) is 10.4. The van der Waals surface area contributed by atoms with Crippen molar-refractivity contribution in [1.82, 2.24) is 14.8 Å². The van der Waals surface area contributed by atoms with Crippen LogP contribution in [0.4, 0.5) is 5.69 Å². The van der Waals surface area contributed by atoms with E-state index in [0.717, 1.165) is 23.4 Å². The molecule has 0 spiro atoms. The summed E-state index contributed by atoms with van der Waals surface area (Å²) in [7, 11) is 0. The molecule has 21 heavy (non-hydrogen) atoms. The van der Waals surface area contributed by atoms with Crippen molar-refractivity contribution < 1.29 is 0 Å². The molecule has 3 heterocycles. The van der Waals surface area contributed by atoms with Crippen molar-refractivity contribution in [2.45, 2.75) is 38.3 Å². The van der Waals surface area contributed by atoms with Gasteiger partial charge in [0.05, 0.1) is 34.2 Å². The summed E-state index contributed by atoms with van der Waals surface area (Å²) in [4.78, 5) is 4.36. The van der Waals surface area contributed by atoms with E-state index in [1.54, 1.807) is 11.3 Å². The van der Waals surface area contributed by atoms with Gasteiger partial charge in [-0.3, -0.25) is 9.67 Å². The van der Waals surface area contributed by atoms with Gasteiger partial charge in [-0.2, -0.15) is 5.10 Å². The third-order valence-corrected chi connectivity index (χ3v) is 5.10. The van der Waals surface area contributed by atoms with Gasteiger partial charge in [0.25, 0.3) is 0 Å². The molecular weight excluding hydrogens is 280 g/mol. The molecule has 5 heteroatoms. The Bertz CT molecular complexity index is 739. The maximum atomic E-state index is 4.72. The fourth-order valence-corrected chi connectivity index (χ4v) is 3.88. The molecule has 108 valence electrons. The van der Waals surface area contributed by atoms with Crippen LogP contribution in [0.2, 0.25) is 0 Å². The third kappa shape index (κ3) is 2.53. The van der Waals surface area contributed by atoms with Gasteiger partial charge >= 0.3 is 0 Å². The fourth-order valence-electron chi connectivity index (χ4n) is 3.04. The van der Waals surface area contributed by atoms with E-state index in [-0.39, 0.29) is 0 Å². The maximum Gasteiger partial charge on any atom is 0.0830 e. The predicted molar refractivity (Wildman–Crippen MR) is 86.7 cm³/mol. The average Bonchev–Trinajstić information content (AvgIpc) is 3.23. The first kappa shape index (κ1) is 12.8. The van der Waals surface area contributed by atoms with Crippen LogP contribution in [0.15, 0.2) is 36.0 Å². The highest BCUT2D eigenvalue weighted by atomic mass is 32.1. The van der Waals surface area contributed by atoms with Crippen LogP contribution in [0.25, 0.3) is 10.2 Å². The van der Waals surface area contributed by atoms with Crippen LogP contribution in [0.3, 0.4) is 0 Å². The third-order valence-electron chi connectivity index (χ3n) is 4.17. The Hall–Kier alpha value is -1.88. The number of nitrogens with one attached hydrogen (secondary N) is 1. The van der Waals surface area contributed by atoms with E-state index in [9.17, 15) is 0 Å². The van der Waals surface area contributed by atoms with Crippen molar-refractivity contribution in [1.29, 1.82) is 0 Å². The Morgan fingerprint density at radius 2 is 2.14 bits per heavy atom. The fraction of sp³-hybridized carbons (Fsp3) is 0.375. The highest BCUT2D eigenvalue weighted by molar-refractivity contribution is 7.17. The molecule has 3 aromatic heterocycles. The van der Waals surface area contributed by atoms with Crippen LogP contribution in [0.1, 0.15) is 37.4 Å². The summed E-state index contributed by atoms with van der Waals surface area (Å²) in [6.45, 7) is 0.761. The average molecular weight is 298 g/mol. The Balaban J connectivity index is 1.48. The van der Waals surface area contributed by atoms with Crippen molar-refractivity contribution in [2.75, 3.05) is 5.32 Å². The lowest BCUT2D eigenvalue weighted by Gasteiger charge is -2.09. The topological polar surface area (TPSA) is 42.7 Å². The SMILES string of the molecule is c1cc(NCc2ccn(C3CCCC3)n2)c2sccc2n1. The van der Waals surface area contributed by atoms with E-state index in [2.05, 4.69) is 38.7 Å². The van der Waals surface area contributed by atoms with Crippen LogP contribution >= 0.6 is 11.3 Å². The monoisotopic (exact) mass is 298 g/mol. The minimum Gasteiger partial charge on any atom is -0.378 e. The molecule has 0 aliphatic heterocycles. The summed E-state index contributed by atoms with van der Waals surface area (Å²) in [5.74, 6) is 0. The van der Waals surface area contributed by atoms with Crippen molar-refractivity contribution in [2.24, 2.45) is 0 Å². The summed E-state index contributed by atoms with van der Waals surface area (Å²) < 4.78 is 3.37. The number of pyridine rings is 1. The van der Waals surface area contributed by atoms with Gasteiger partial charge in [0, 0.05) is 12.4 Å². The molecule has 4 nitrogen and oxygen atoms in total. The Morgan fingerprint density at radius 3 is 3.05 bits per heavy atom. The number of thiophene rings is 1. The van der Waals surface area contributed by atoms with Gasteiger partial charge in [0.1, 0.15) is 0 Å². The van der Waals surface area contributed by atoms with Crippen molar-refractivity contribution in [3.63, 3.8) is 0 Å². The smallest absolute Gasteiger partial charge is 0.0830 e. The highest BCUT2D eigenvalue weighted by Gasteiger charge is 2.17. The van der Waals surface area contributed by atoms with E-state index >= 15 is 0 Å². The second-order valence-corrected chi connectivity index (χ2v) is 6.49. The lowest BCUT2D eigenvalue weighted by atomic mass is 10.3. The Kier molecular flexibility index (Phi) is 3.35. The maximum absolute atomic E-state index is 4.72. The molecule has 4 rings (SSSR count). The van der Waals surface area contributed by atoms with Gasteiger partial charge in [0.15, 0.2) is 0 Å². The molecule has 1 fully saturated rings. The molecular formula is C16H18N4S.